The molecule has 118 valence electrons. The molecule has 5 heteroatoms. The molecule has 0 radical (unpaired) electrons. The van der Waals surface area contributed by atoms with E-state index in [2.05, 4.69) is 19.2 Å². The number of anilines is 1. The largest absolute Gasteiger partial charge is 0.493 e. The molecule has 2 N–H and O–H groups in total. The Morgan fingerprint density at radius 2 is 2.10 bits per heavy atom. The summed E-state index contributed by atoms with van der Waals surface area (Å²) < 4.78 is 5.63. The number of nitrogens with zero attached hydrogens (tertiary/aromatic N) is 1. The maximum atomic E-state index is 12.0. The van der Waals surface area contributed by atoms with E-state index < -0.39 is 5.60 Å². The van der Waals surface area contributed by atoms with E-state index in [1.165, 1.54) is 4.90 Å². The van der Waals surface area contributed by atoms with Crippen molar-refractivity contribution in [3.63, 3.8) is 0 Å². The molecule has 1 aromatic rings. The molecule has 5 nitrogen and oxygen atoms in total. The third-order valence-corrected chi connectivity index (χ3v) is 2.64. The third kappa shape index (κ3) is 6.99. The maximum Gasteiger partial charge on any atom is 0.321 e. The average Bonchev–Trinajstić information content (AvgIpc) is 2.34. The van der Waals surface area contributed by atoms with Crippen LogP contribution in [-0.4, -0.2) is 41.8 Å². The first-order chi connectivity index (χ1) is 9.67. The van der Waals surface area contributed by atoms with Crippen molar-refractivity contribution < 1.29 is 14.6 Å². The smallest absolute Gasteiger partial charge is 0.321 e. The summed E-state index contributed by atoms with van der Waals surface area (Å²) in [6.07, 6.45) is 0. The van der Waals surface area contributed by atoms with Crippen LogP contribution >= 0.6 is 0 Å². The zero-order valence-electron chi connectivity index (χ0n) is 13.5. The van der Waals surface area contributed by atoms with Crippen molar-refractivity contribution in [2.75, 3.05) is 25.5 Å². The van der Waals surface area contributed by atoms with Crippen LogP contribution < -0.4 is 10.1 Å². The molecule has 0 aliphatic rings. The van der Waals surface area contributed by atoms with Gasteiger partial charge in [-0.05, 0) is 31.9 Å². The Bertz CT molecular complexity index is 467. The van der Waals surface area contributed by atoms with Gasteiger partial charge in [-0.15, -0.1) is 0 Å². The first kappa shape index (κ1) is 17.3. The number of likely N-dealkylation sites (N-methyl/N-ethyl adjacent to an activating group) is 1. The lowest BCUT2D eigenvalue weighted by Crippen LogP contribution is -2.41. The third-order valence-electron chi connectivity index (χ3n) is 2.64. The molecule has 0 spiro atoms. The minimum atomic E-state index is -0.922. The van der Waals surface area contributed by atoms with Crippen molar-refractivity contribution in [2.24, 2.45) is 5.92 Å². The van der Waals surface area contributed by atoms with Gasteiger partial charge in [0.25, 0.3) is 0 Å². The Hall–Kier alpha value is -1.75. The van der Waals surface area contributed by atoms with E-state index >= 15 is 0 Å². The van der Waals surface area contributed by atoms with E-state index in [-0.39, 0.29) is 12.6 Å². The molecule has 0 heterocycles. The summed E-state index contributed by atoms with van der Waals surface area (Å²) in [5.74, 6) is 1.17. The van der Waals surface area contributed by atoms with Gasteiger partial charge >= 0.3 is 6.03 Å². The fourth-order valence-corrected chi connectivity index (χ4v) is 1.80. The molecule has 0 aromatic heterocycles. The van der Waals surface area contributed by atoms with Crippen LogP contribution in [0, 0.1) is 5.92 Å². The van der Waals surface area contributed by atoms with Crippen molar-refractivity contribution >= 4 is 11.7 Å². The summed E-state index contributed by atoms with van der Waals surface area (Å²) in [5.41, 5.74) is -0.252. The van der Waals surface area contributed by atoms with Gasteiger partial charge in [0.2, 0.25) is 0 Å². The minimum absolute atomic E-state index is 0.252. The highest BCUT2D eigenvalue weighted by Crippen LogP contribution is 2.18. The number of rotatable bonds is 6. The Kier molecular flexibility index (Phi) is 6.03. The molecule has 0 bridgehead atoms. The number of ether oxygens (including phenoxy) is 1. The van der Waals surface area contributed by atoms with Crippen LogP contribution in [0.4, 0.5) is 10.5 Å². The van der Waals surface area contributed by atoms with Crippen molar-refractivity contribution in [1.82, 2.24) is 4.90 Å². The molecule has 2 amide bonds. The standard InChI is InChI=1S/C16H26N2O3/c1-12(2)10-21-14-8-6-7-13(9-14)17-15(19)18(5)11-16(3,4)20/h6-9,12,20H,10-11H2,1-5H3,(H,17,19). The Balaban J connectivity index is 2.61. The SMILES string of the molecule is CC(C)COc1cccc(NC(=O)N(C)CC(C)(C)O)c1. The zero-order valence-corrected chi connectivity index (χ0v) is 13.5. The lowest BCUT2D eigenvalue weighted by Gasteiger charge is -2.25. The number of nitrogens with one attached hydrogen (secondary N) is 1. The van der Waals surface area contributed by atoms with Crippen molar-refractivity contribution in [2.45, 2.75) is 33.3 Å². The molecular weight excluding hydrogens is 268 g/mol. The molecule has 1 rings (SSSR count). The summed E-state index contributed by atoms with van der Waals surface area (Å²) in [5, 5.41) is 12.5. The van der Waals surface area contributed by atoms with Crippen molar-refractivity contribution in [3.8, 4) is 5.75 Å². The highest BCUT2D eigenvalue weighted by atomic mass is 16.5. The number of hydrogen-bond acceptors (Lipinski definition) is 3. The lowest BCUT2D eigenvalue weighted by atomic mass is 10.1. The van der Waals surface area contributed by atoms with Gasteiger partial charge in [0, 0.05) is 18.8 Å². The first-order valence-electron chi connectivity index (χ1n) is 7.15. The second-order valence-corrected chi connectivity index (χ2v) is 6.33. The van der Waals surface area contributed by atoms with Crippen LogP contribution in [0.1, 0.15) is 27.7 Å². The number of benzene rings is 1. The molecule has 1 aromatic carbocycles. The van der Waals surface area contributed by atoms with E-state index in [1.54, 1.807) is 33.0 Å². The maximum absolute atomic E-state index is 12.0. The Morgan fingerprint density at radius 3 is 2.67 bits per heavy atom. The summed E-state index contributed by atoms with van der Waals surface area (Å²) in [7, 11) is 1.65. The fourth-order valence-electron chi connectivity index (χ4n) is 1.80. The highest BCUT2D eigenvalue weighted by molar-refractivity contribution is 5.89. The van der Waals surface area contributed by atoms with Crippen LogP contribution in [-0.2, 0) is 0 Å². The molecule has 0 saturated heterocycles. The van der Waals surface area contributed by atoms with Gasteiger partial charge in [-0.25, -0.2) is 4.79 Å². The number of amides is 2. The molecule has 21 heavy (non-hydrogen) atoms. The van der Waals surface area contributed by atoms with Gasteiger partial charge in [0.05, 0.1) is 18.8 Å². The predicted molar refractivity (Wildman–Crippen MR) is 84.7 cm³/mol. The Labute approximate surface area is 126 Å². The Morgan fingerprint density at radius 1 is 1.43 bits per heavy atom. The number of aliphatic hydroxyl groups is 1. The van der Waals surface area contributed by atoms with Gasteiger partial charge in [-0.1, -0.05) is 19.9 Å². The number of carbonyl (C=O) groups excluding carboxylic acids is 1. The van der Waals surface area contributed by atoms with Crippen LogP contribution in [0.3, 0.4) is 0 Å². The molecule has 0 aliphatic heterocycles. The number of hydrogen-bond donors (Lipinski definition) is 2. The van der Waals surface area contributed by atoms with Crippen LogP contribution in [0.5, 0.6) is 5.75 Å². The second-order valence-electron chi connectivity index (χ2n) is 6.33. The lowest BCUT2D eigenvalue weighted by molar-refractivity contribution is 0.0550. The van der Waals surface area contributed by atoms with Crippen molar-refractivity contribution in [1.29, 1.82) is 0 Å². The first-order valence-corrected chi connectivity index (χ1v) is 7.15. The van der Waals surface area contributed by atoms with Crippen molar-refractivity contribution in [3.05, 3.63) is 24.3 Å². The molecular formula is C16H26N2O3. The topological polar surface area (TPSA) is 61.8 Å². The minimum Gasteiger partial charge on any atom is -0.493 e. The van der Waals surface area contributed by atoms with E-state index in [1.807, 2.05) is 12.1 Å². The number of urea groups is 1. The highest BCUT2D eigenvalue weighted by Gasteiger charge is 2.19. The van der Waals surface area contributed by atoms with Gasteiger partial charge < -0.3 is 20.1 Å². The van der Waals surface area contributed by atoms with Gasteiger partial charge in [0.1, 0.15) is 5.75 Å². The summed E-state index contributed by atoms with van der Waals surface area (Å²) in [4.78, 5) is 13.5. The summed E-state index contributed by atoms with van der Waals surface area (Å²) in [6.45, 7) is 8.38. The average molecular weight is 294 g/mol. The van der Waals surface area contributed by atoms with E-state index in [9.17, 15) is 9.90 Å². The van der Waals surface area contributed by atoms with Gasteiger partial charge in [-0.3, -0.25) is 0 Å². The molecule has 0 unspecified atom stereocenters. The fraction of sp³-hybridized carbons (Fsp3) is 0.562. The van der Waals surface area contributed by atoms with E-state index in [0.29, 0.717) is 18.2 Å². The van der Waals surface area contributed by atoms with Gasteiger partial charge in [-0.2, -0.15) is 0 Å². The zero-order chi connectivity index (χ0) is 16.0. The molecule has 0 aliphatic carbocycles. The monoisotopic (exact) mass is 294 g/mol. The summed E-state index contributed by atoms with van der Waals surface area (Å²) >= 11 is 0. The second kappa shape index (κ2) is 7.31. The molecule has 0 atom stereocenters. The molecule has 0 fully saturated rings. The summed E-state index contributed by atoms with van der Waals surface area (Å²) in [6, 6.07) is 7.02. The normalized spacial score (nSPS) is 11.4. The van der Waals surface area contributed by atoms with Crippen LogP contribution in [0.15, 0.2) is 24.3 Å². The van der Waals surface area contributed by atoms with E-state index in [4.69, 9.17) is 4.74 Å². The van der Waals surface area contributed by atoms with E-state index in [0.717, 1.165) is 5.75 Å². The van der Waals surface area contributed by atoms with Gasteiger partial charge in [0.15, 0.2) is 0 Å². The quantitative estimate of drug-likeness (QED) is 0.848. The molecule has 0 saturated carbocycles. The predicted octanol–water partition coefficient (Wildman–Crippen LogP) is 2.96. The van der Waals surface area contributed by atoms with Crippen LogP contribution in [0.25, 0.3) is 0 Å². The number of carbonyl (C=O) groups is 1. The van der Waals surface area contributed by atoms with Crippen LogP contribution in [0.2, 0.25) is 0 Å².